The summed E-state index contributed by atoms with van der Waals surface area (Å²) in [5, 5.41) is 14.0. The molecule has 1 rings (SSSR count). The van der Waals surface area contributed by atoms with E-state index in [2.05, 4.69) is 11.9 Å². The Morgan fingerprint density at radius 2 is 1.77 bits per heavy atom. The van der Waals surface area contributed by atoms with E-state index in [4.69, 9.17) is 5.73 Å². The van der Waals surface area contributed by atoms with Gasteiger partial charge >= 0.3 is 0 Å². The number of hydrogen-bond donors (Lipinski definition) is 3. The number of carbonyl (C=O) groups is 3. The Balaban J connectivity index is 3.42. The van der Waals surface area contributed by atoms with Crippen LogP contribution in [0.25, 0.3) is 0 Å². The molecule has 7 nitrogen and oxygen atoms in total. The molecule has 0 bridgehead atoms. The molecule has 3 amide bonds. The summed E-state index contributed by atoms with van der Waals surface area (Å²) in [4.78, 5) is 38.2. The fraction of sp³-hybridized carbons (Fsp3) is 0.522. The third-order valence-corrected chi connectivity index (χ3v) is 5.48. The van der Waals surface area contributed by atoms with E-state index < -0.39 is 41.0 Å². The number of hydrogen-bond acceptors (Lipinski definition) is 4. The fourth-order valence-electron chi connectivity index (χ4n) is 3.81. The maximum absolute atomic E-state index is 13.4. The molecule has 0 saturated heterocycles. The smallest absolute Gasteiger partial charge is 0.250 e. The van der Waals surface area contributed by atoms with Crippen LogP contribution in [0.4, 0.5) is 0 Å². The number of allylic oxidation sites excluding steroid dienone is 1. The van der Waals surface area contributed by atoms with Crippen LogP contribution in [0.5, 0.6) is 0 Å². The second-order valence-electron chi connectivity index (χ2n) is 8.56. The molecule has 0 aliphatic carbocycles. The monoisotopic (exact) mass is 417 g/mol. The summed E-state index contributed by atoms with van der Waals surface area (Å²) in [6, 6.07) is 7.98. The second kappa shape index (κ2) is 10.9. The molecule has 0 fully saturated rings. The summed E-state index contributed by atoms with van der Waals surface area (Å²) in [5.41, 5.74) is 5.43. The summed E-state index contributed by atoms with van der Waals surface area (Å²) in [6.45, 7) is 11.0. The number of rotatable bonds is 11. The zero-order valence-electron chi connectivity index (χ0n) is 18.6. The first-order valence-corrected chi connectivity index (χ1v) is 10.2. The van der Waals surface area contributed by atoms with Crippen LogP contribution in [0.2, 0.25) is 0 Å². The van der Waals surface area contributed by atoms with Crippen molar-refractivity contribution in [2.45, 2.75) is 52.0 Å². The lowest BCUT2D eigenvalue weighted by Gasteiger charge is -2.39. The van der Waals surface area contributed by atoms with Gasteiger partial charge in [0, 0.05) is 12.5 Å². The predicted molar refractivity (Wildman–Crippen MR) is 116 cm³/mol. The van der Waals surface area contributed by atoms with E-state index in [1.807, 2.05) is 44.2 Å². The zero-order valence-corrected chi connectivity index (χ0v) is 18.6. The quantitative estimate of drug-likeness (QED) is 0.292. The third-order valence-electron chi connectivity index (χ3n) is 5.48. The van der Waals surface area contributed by atoms with Crippen molar-refractivity contribution in [2.75, 3.05) is 7.05 Å². The molecule has 1 aromatic carbocycles. The van der Waals surface area contributed by atoms with Crippen molar-refractivity contribution in [1.29, 1.82) is 0 Å². The first-order valence-electron chi connectivity index (χ1n) is 10.2. The number of hydroxylamine groups is 2. The van der Waals surface area contributed by atoms with E-state index in [0.29, 0.717) is 11.5 Å². The highest BCUT2D eigenvalue weighted by atomic mass is 16.5. The highest BCUT2D eigenvalue weighted by molar-refractivity contribution is 5.91. The van der Waals surface area contributed by atoms with E-state index in [-0.39, 0.29) is 12.3 Å². The van der Waals surface area contributed by atoms with Gasteiger partial charge < -0.3 is 11.1 Å². The molecule has 7 heteroatoms. The van der Waals surface area contributed by atoms with Gasteiger partial charge in [0.25, 0.3) is 5.91 Å². The van der Waals surface area contributed by atoms with Crippen LogP contribution in [-0.4, -0.2) is 41.1 Å². The standard InChI is InChI=1S/C23H35N3O4/c1-7-11-17(20(24)27)18(14-15(2)3)22(29)26(30)19(21(28)25-6)23(4,5)16-12-9-8-10-13-16/h7-10,12-13,15,17-19,30H,1,11,14H2,2-6H3,(H2,24,27)(H,25,28). The molecule has 0 aromatic heterocycles. The number of nitrogens with zero attached hydrogens (tertiary/aromatic N) is 1. The van der Waals surface area contributed by atoms with E-state index in [9.17, 15) is 19.6 Å². The fourth-order valence-corrected chi connectivity index (χ4v) is 3.81. The Hall–Kier alpha value is -2.67. The lowest BCUT2D eigenvalue weighted by molar-refractivity contribution is -0.192. The second-order valence-corrected chi connectivity index (χ2v) is 8.56. The van der Waals surface area contributed by atoms with Crippen LogP contribution in [0.3, 0.4) is 0 Å². The number of amides is 3. The van der Waals surface area contributed by atoms with Gasteiger partial charge in [-0.25, -0.2) is 5.06 Å². The number of likely N-dealkylation sites (N-methyl/N-ethyl adjacent to an activating group) is 1. The summed E-state index contributed by atoms with van der Waals surface area (Å²) in [6.07, 6.45) is 2.07. The molecule has 0 spiro atoms. The van der Waals surface area contributed by atoms with E-state index in [1.165, 1.54) is 13.1 Å². The van der Waals surface area contributed by atoms with Gasteiger partial charge in [-0.3, -0.25) is 19.6 Å². The molecule has 0 aliphatic heterocycles. The average molecular weight is 418 g/mol. The van der Waals surface area contributed by atoms with Crippen molar-refractivity contribution < 1.29 is 19.6 Å². The molecule has 4 N–H and O–H groups in total. The lowest BCUT2D eigenvalue weighted by atomic mass is 9.76. The van der Waals surface area contributed by atoms with E-state index >= 15 is 0 Å². The molecule has 0 heterocycles. The minimum absolute atomic E-state index is 0.0691. The molecule has 30 heavy (non-hydrogen) atoms. The van der Waals surface area contributed by atoms with Crippen molar-refractivity contribution in [1.82, 2.24) is 10.4 Å². The Morgan fingerprint density at radius 1 is 1.20 bits per heavy atom. The van der Waals surface area contributed by atoms with Gasteiger partial charge in [-0.15, -0.1) is 6.58 Å². The Labute approximate surface area is 179 Å². The van der Waals surface area contributed by atoms with Crippen LogP contribution in [0.15, 0.2) is 43.0 Å². The maximum atomic E-state index is 13.4. The summed E-state index contributed by atoms with van der Waals surface area (Å²) in [5.74, 6) is -3.48. The highest BCUT2D eigenvalue weighted by Crippen LogP contribution is 2.33. The van der Waals surface area contributed by atoms with Crippen LogP contribution in [0, 0.1) is 17.8 Å². The minimum atomic E-state index is -1.20. The van der Waals surface area contributed by atoms with Crippen molar-refractivity contribution >= 4 is 17.7 Å². The molecule has 3 unspecified atom stereocenters. The molecule has 0 saturated carbocycles. The molecule has 166 valence electrons. The van der Waals surface area contributed by atoms with Gasteiger partial charge in [0.1, 0.15) is 6.04 Å². The number of primary amides is 1. The van der Waals surface area contributed by atoms with E-state index in [1.54, 1.807) is 13.8 Å². The zero-order chi connectivity index (χ0) is 23.1. The SMILES string of the molecule is C=CCC(C(N)=O)C(CC(C)C)C(=O)N(O)C(C(=O)NC)C(C)(C)c1ccccc1. The van der Waals surface area contributed by atoms with Crippen LogP contribution < -0.4 is 11.1 Å². The topological polar surface area (TPSA) is 113 Å². The number of carbonyl (C=O) groups excluding carboxylic acids is 3. The highest BCUT2D eigenvalue weighted by Gasteiger charge is 2.45. The van der Waals surface area contributed by atoms with Crippen molar-refractivity contribution in [3.8, 4) is 0 Å². The lowest BCUT2D eigenvalue weighted by Crippen LogP contribution is -2.58. The van der Waals surface area contributed by atoms with Gasteiger partial charge in [-0.2, -0.15) is 0 Å². The third kappa shape index (κ3) is 5.92. The van der Waals surface area contributed by atoms with Gasteiger partial charge in [0.2, 0.25) is 11.8 Å². The van der Waals surface area contributed by atoms with Crippen LogP contribution in [-0.2, 0) is 19.8 Å². The average Bonchev–Trinajstić information content (AvgIpc) is 2.69. The number of nitrogens with one attached hydrogen (secondary N) is 1. The molecule has 3 atom stereocenters. The Bertz CT molecular complexity index is 746. The number of benzene rings is 1. The van der Waals surface area contributed by atoms with Crippen molar-refractivity contribution in [3.05, 3.63) is 48.6 Å². The van der Waals surface area contributed by atoms with Crippen LogP contribution in [0.1, 0.15) is 46.1 Å². The van der Waals surface area contributed by atoms with Crippen LogP contribution >= 0.6 is 0 Å². The van der Waals surface area contributed by atoms with Gasteiger partial charge in [0.05, 0.1) is 11.8 Å². The Morgan fingerprint density at radius 3 is 2.20 bits per heavy atom. The molecule has 0 radical (unpaired) electrons. The maximum Gasteiger partial charge on any atom is 0.250 e. The van der Waals surface area contributed by atoms with Gasteiger partial charge in [0.15, 0.2) is 0 Å². The largest absolute Gasteiger partial charge is 0.369 e. The number of nitrogens with two attached hydrogens (primary N) is 1. The summed E-state index contributed by atoms with van der Waals surface area (Å²) in [7, 11) is 1.45. The Kier molecular flexibility index (Phi) is 9.23. The minimum Gasteiger partial charge on any atom is -0.369 e. The molecule has 0 aliphatic rings. The molecular weight excluding hydrogens is 382 g/mol. The van der Waals surface area contributed by atoms with Gasteiger partial charge in [-0.05, 0) is 24.3 Å². The summed E-state index contributed by atoms with van der Waals surface area (Å²) < 4.78 is 0. The molecular formula is C23H35N3O4. The summed E-state index contributed by atoms with van der Waals surface area (Å²) >= 11 is 0. The van der Waals surface area contributed by atoms with Crippen molar-refractivity contribution in [3.63, 3.8) is 0 Å². The van der Waals surface area contributed by atoms with Gasteiger partial charge in [-0.1, -0.05) is 64.1 Å². The first-order chi connectivity index (χ1) is 14.0. The first kappa shape index (κ1) is 25.4. The predicted octanol–water partition coefficient (Wildman–Crippen LogP) is 2.64. The van der Waals surface area contributed by atoms with Crippen molar-refractivity contribution in [2.24, 2.45) is 23.5 Å². The molecule has 1 aromatic rings. The van der Waals surface area contributed by atoms with E-state index in [0.717, 1.165) is 5.56 Å². The normalized spacial score (nSPS) is 14.5.